The minimum atomic E-state index is -1.11. The first kappa shape index (κ1) is 20.6. The monoisotopic (exact) mass is 368 g/mol. The number of unbranched alkanes of at least 4 members (excludes halogenated alkanes) is 1. The average molecular weight is 368 g/mol. The summed E-state index contributed by atoms with van der Waals surface area (Å²) in [7, 11) is 0. The number of aliphatic carboxylic acids is 1. The molecule has 1 N–H and O–H groups in total. The second-order valence-corrected chi connectivity index (χ2v) is 6.93. The standard InChI is InChI=1S/C23H28O4/c1-4-5-14-26-20-10-12-21(13-11-20)27-22(23(24)25)16-19-8-6-18(7-9-19)15-17(2)3/h6-13,16-17H,4-5,14-15H2,1-3H3,(H,24,25). The van der Waals surface area contributed by atoms with Gasteiger partial charge in [-0.3, -0.25) is 0 Å². The van der Waals surface area contributed by atoms with Crippen LogP contribution in [0, 0.1) is 5.92 Å². The zero-order valence-corrected chi connectivity index (χ0v) is 16.3. The predicted octanol–water partition coefficient (Wildman–Crippen LogP) is 5.57. The number of rotatable bonds is 10. The molecule has 0 aromatic heterocycles. The molecule has 4 nitrogen and oxygen atoms in total. The lowest BCUT2D eigenvalue weighted by Gasteiger charge is -2.09. The van der Waals surface area contributed by atoms with Gasteiger partial charge < -0.3 is 14.6 Å². The Morgan fingerprint density at radius 3 is 2.22 bits per heavy atom. The van der Waals surface area contributed by atoms with Crippen molar-refractivity contribution in [3.63, 3.8) is 0 Å². The zero-order chi connectivity index (χ0) is 19.6. The van der Waals surface area contributed by atoms with E-state index in [0.717, 1.165) is 30.6 Å². The van der Waals surface area contributed by atoms with Crippen molar-refractivity contribution in [2.45, 2.75) is 40.0 Å². The largest absolute Gasteiger partial charge is 0.494 e. The van der Waals surface area contributed by atoms with Gasteiger partial charge in [0.05, 0.1) is 6.61 Å². The van der Waals surface area contributed by atoms with Gasteiger partial charge in [0, 0.05) is 0 Å². The Bertz CT molecular complexity index is 743. The van der Waals surface area contributed by atoms with Gasteiger partial charge in [0.1, 0.15) is 11.5 Å². The molecule has 0 saturated carbocycles. The summed E-state index contributed by atoms with van der Waals surface area (Å²) in [6, 6.07) is 14.9. The maximum atomic E-state index is 11.5. The van der Waals surface area contributed by atoms with Gasteiger partial charge in [-0.25, -0.2) is 4.79 Å². The normalized spacial score (nSPS) is 11.5. The summed E-state index contributed by atoms with van der Waals surface area (Å²) in [6.45, 7) is 7.12. The Morgan fingerprint density at radius 1 is 1.04 bits per heavy atom. The SMILES string of the molecule is CCCCOc1ccc(OC(=Cc2ccc(CC(C)C)cc2)C(=O)O)cc1. The molecule has 27 heavy (non-hydrogen) atoms. The van der Waals surface area contributed by atoms with Crippen molar-refractivity contribution in [3.8, 4) is 11.5 Å². The Hall–Kier alpha value is -2.75. The third-order valence-electron chi connectivity index (χ3n) is 3.95. The van der Waals surface area contributed by atoms with Crippen molar-refractivity contribution in [3.05, 3.63) is 65.4 Å². The van der Waals surface area contributed by atoms with Gasteiger partial charge in [0.25, 0.3) is 0 Å². The lowest BCUT2D eigenvalue weighted by molar-refractivity contribution is -0.134. The van der Waals surface area contributed by atoms with Crippen molar-refractivity contribution in [1.82, 2.24) is 0 Å². The molecule has 0 unspecified atom stereocenters. The number of carbonyl (C=O) groups is 1. The van der Waals surface area contributed by atoms with Crippen LogP contribution in [0.25, 0.3) is 6.08 Å². The second-order valence-electron chi connectivity index (χ2n) is 6.93. The van der Waals surface area contributed by atoms with E-state index in [1.54, 1.807) is 24.3 Å². The summed E-state index contributed by atoms with van der Waals surface area (Å²) in [6.07, 6.45) is 4.61. The number of benzene rings is 2. The van der Waals surface area contributed by atoms with E-state index in [1.165, 1.54) is 11.6 Å². The first-order chi connectivity index (χ1) is 13.0. The first-order valence-electron chi connectivity index (χ1n) is 9.42. The van der Waals surface area contributed by atoms with Crippen LogP contribution in [0.5, 0.6) is 11.5 Å². The van der Waals surface area contributed by atoms with Crippen LogP contribution in [-0.4, -0.2) is 17.7 Å². The molecule has 2 aromatic rings. The molecule has 0 radical (unpaired) electrons. The van der Waals surface area contributed by atoms with Crippen LogP contribution >= 0.6 is 0 Å². The Morgan fingerprint density at radius 2 is 1.67 bits per heavy atom. The van der Waals surface area contributed by atoms with E-state index in [1.807, 2.05) is 24.3 Å². The number of hydrogen-bond acceptors (Lipinski definition) is 3. The van der Waals surface area contributed by atoms with Crippen molar-refractivity contribution >= 4 is 12.0 Å². The van der Waals surface area contributed by atoms with Crippen molar-refractivity contribution < 1.29 is 19.4 Å². The fourth-order valence-corrected chi connectivity index (χ4v) is 2.57. The Labute approximate surface area is 161 Å². The van der Waals surface area contributed by atoms with E-state index < -0.39 is 5.97 Å². The van der Waals surface area contributed by atoms with Gasteiger partial charge in [-0.15, -0.1) is 0 Å². The lowest BCUT2D eigenvalue weighted by atomic mass is 10.0. The van der Waals surface area contributed by atoms with Crippen molar-refractivity contribution in [2.24, 2.45) is 5.92 Å². The summed E-state index contributed by atoms with van der Waals surface area (Å²) in [5.74, 6) is 0.564. The number of carboxylic acids is 1. The van der Waals surface area contributed by atoms with Crippen LogP contribution in [-0.2, 0) is 11.2 Å². The highest BCUT2D eigenvalue weighted by molar-refractivity contribution is 5.90. The molecule has 2 rings (SSSR count). The van der Waals surface area contributed by atoms with Gasteiger partial charge in [-0.1, -0.05) is 51.5 Å². The molecule has 0 spiro atoms. The maximum absolute atomic E-state index is 11.5. The van der Waals surface area contributed by atoms with Crippen molar-refractivity contribution in [1.29, 1.82) is 0 Å². The number of carboxylic acid groups (broad SMARTS) is 1. The Kier molecular flexibility index (Phi) is 7.93. The highest BCUT2D eigenvalue weighted by Crippen LogP contribution is 2.21. The predicted molar refractivity (Wildman–Crippen MR) is 108 cm³/mol. The first-order valence-corrected chi connectivity index (χ1v) is 9.42. The molecule has 0 fully saturated rings. The van der Waals surface area contributed by atoms with Gasteiger partial charge in [-0.05, 0) is 60.2 Å². The van der Waals surface area contributed by atoms with Gasteiger partial charge >= 0.3 is 5.97 Å². The summed E-state index contributed by atoms with van der Waals surface area (Å²) in [5, 5.41) is 9.45. The van der Waals surface area contributed by atoms with Gasteiger partial charge in [0.2, 0.25) is 5.76 Å². The van der Waals surface area contributed by atoms with E-state index in [2.05, 4.69) is 20.8 Å². The molecule has 0 amide bonds. The van der Waals surface area contributed by atoms with Crippen molar-refractivity contribution in [2.75, 3.05) is 6.61 Å². The topological polar surface area (TPSA) is 55.8 Å². The second kappa shape index (κ2) is 10.4. The molecule has 4 heteroatoms. The molecular formula is C23H28O4. The third kappa shape index (κ3) is 7.18. The van der Waals surface area contributed by atoms with E-state index in [-0.39, 0.29) is 5.76 Å². The van der Waals surface area contributed by atoms with Gasteiger partial charge in [0.15, 0.2) is 0 Å². The highest BCUT2D eigenvalue weighted by Gasteiger charge is 2.11. The zero-order valence-electron chi connectivity index (χ0n) is 16.3. The number of hydrogen-bond donors (Lipinski definition) is 1. The molecular weight excluding hydrogens is 340 g/mol. The highest BCUT2D eigenvalue weighted by atomic mass is 16.5. The summed E-state index contributed by atoms with van der Waals surface area (Å²) < 4.78 is 11.2. The molecule has 0 aliphatic rings. The smallest absolute Gasteiger partial charge is 0.371 e. The molecule has 0 bridgehead atoms. The van der Waals surface area contributed by atoms with Crippen LogP contribution in [0.2, 0.25) is 0 Å². The van der Waals surface area contributed by atoms with Crippen LogP contribution in [0.3, 0.4) is 0 Å². The number of ether oxygens (including phenoxy) is 2. The van der Waals surface area contributed by atoms with Crippen LogP contribution in [0.15, 0.2) is 54.3 Å². The van der Waals surface area contributed by atoms with Crippen LogP contribution in [0.1, 0.15) is 44.7 Å². The molecule has 0 aliphatic carbocycles. The molecule has 0 atom stereocenters. The molecule has 2 aromatic carbocycles. The minimum Gasteiger partial charge on any atom is -0.494 e. The molecule has 0 saturated heterocycles. The van der Waals surface area contributed by atoms with E-state index in [9.17, 15) is 9.90 Å². The summed E-state index contributed by atoms with van der Waals surface area (Å²) >= 11 is 0. The molecule has 144 valence electrons. The van der Waals surface area contributed by atoms with Crippen LogP contribution in [0.4, 0.5) is 0 Å². The van der Waals surface area contributed by atoms with Gasteiger partial charge in [-0.2, -0.15) is 0 Å². The summed E-state index contributed by atoms with van der Waals surface area (Å²) in [4.78, 5) is 11.5. The van der Waals surface area contributed by atoms with Crippen LogP contribution < -0.4 is 9.47 Å². The lowest BCUT2D eigenvalue weighted by Crippen LogP contribution is -2.07. The molecule has 0 aliphatic heterocycles. The van der Waals surface area contributed by atoms with E-state index >= 15 is 0 Å². The molecule has 0 heterocycles. The fourth-order valence-electron chi connectivity index (χ4n) is 2.57. The average Bonchev–Trinajstić information content (AvgIpc) is 2.64. The quantitative estimate of drug-likeness (QED) is 0.338. The minimum absolute atomic E-state index is 0.119. The Balaban J connectivity index is 2.06. The maximum Gasteiger partial charge on any atom is 0.371 e. The van der Waals surface area contributed by atoms with E-state index in [4.69, 9.17) is 9.47 Å². The summed E-state index contributed by atoms with van der Waals surface area (Å²) in [5.41, 5.74) is 2.03. The fraction of sp³-hybridized carbons (Fsp3) is 0.348. The third-order valence-corrected chi connectivity index (χ3v) is 3.95. The van der Waals surface area contributed by atoms with E-state index in [0.29, 0.717) is 18.3 Å².